The normalized spacial score (nSPS) is 10.6. The van der Waals surface area contributed by atoms with Gasteiger partial charge in [0.15, 0.2) is 0 Å². The van der Waals surface area contributed by atoms with Crippen LogP contribution in [0.25, 0.3) is 0 Å². The molecule has 0 aliphatic carbocycles. The van der Waals surface area contributed by atoms with E-state index in [-0.39, 0.29) is 5.56 Å². The van der Waals surface area contributed by atoms with Crippen molar-refractivity contribution in [2.45, 2.75) is 19.9 Å². The van der Waals surface area contributed by atoms with Crippen molar-refractivity contribution in [2.24, 2.45) is 0 Å². The second-order valence-corrected chi connectivity index (χ2v) is 4.27. The first-order valence-electron chi connectivity index (χ1n) is 5.53. The van der Waals surface area contributed by atoms with E-state index in [1.807, 2.05) is 6.92 Å². The van der Waals surface area contributed by atoms with E-state index in [2.05, 4.69) is 9.97 Å². The monoisotopic (exact) mass is 265 g/mol. The predicted molar refractivity (Wildman–Crippen MR) is 69.0 cm³/mol. The van der Waals surface area contributed by atoms with Gasteiger partial charge in [-0.05, 0) is 18.1 Å². The van der Waals surface area contributed by atoms with Crippen LogP contribution >= 0.6 is 11.6 Å². The summed E-state index contributed by atoms with van der Waals surface area (Å²) in [6.45, 7) is 2.17. The molecule has 0 amide bonds. The van der Waals surface area contributed by atoms with Crippen molar-refractivity contribution in [1.29, 1.82) is 0 Å². The van der Waals surface area contributed by atoms with E-state index in [1.54, 1.807) is 18.5 Å². The van der Waals surface area contributed by atoms with E-state index in [4.69, 9.17) is 11.6 Å². The molecule has 5 nitrogen and oxygen atoms in total. The molecule has 0 bridgehead atoms. The van der Waals surface area contributed by atoms with Gasteiger partial charge in [0.1, 0.15) is 0 Å². The number of pyridine rings is 1. The summed E-state index contributed by atoms with van der Waals surface area (Å²) in [5, 5.41) is 0.494. The molecule has 0 aromatic carbocycles. The van der Waals surface area contributed by atoms with Crippen LogP contribution in [0.3, 0.4) is 0 Å². The molecule has 0 radical (unpaired) electrons. The number of rotatable bonds is 3. The van der Waals surface area contributed by atoms with Crippen molar-refractivity contribution in [3.63, 3.8) is 0 Å². The Morgan fingerprint density at radius 2 is 2.17 bits per heavy atom. The van der Waals surface area contributed by atoms with Crippen LogP contribution < -0.4 is 11.2 Å². The number of halogens is 1. The van der Waals surface area contributed by atoms with Crippen LogP contribution in [0.2, 0.25) is 5.02 Å². The molecular formula is C12H12ClN3O2. The average molecular weight is 266 g/mol. The highest BCUT2D eigenvalue weighted by molar-refractivity contribution is 6.31. The first-order chi connectivity index (χ1) is 8.61. The topological polar surface area (TPSA) is 67.8 Å². The Morgan fingerprint density at radius 1 is 1.39 bits per heavy atom. The van der Waals surface area contributed by atoms with E-state index in [1.165, 1.54) is 10.8 Å². The summed E-state index contributed by atoms with van der Waals surface area (Å²) in [4.78, 5) is 29.3. The van der Waals surface area contributed by atoms with Gasteiger partial charge in [0.2, 0.25) is 0 Å². The predicted octanol–water partition coefficient (Wildman–Crippen LogP) is 1.20. The summed E-state index contributed by atoms with van der Waals surface area (Å²) in [6.07, 6.45) is 5.27. The van der Waals surface area contributed by atoms with Gasteiger partial charge in [0.05, 0.1) is 11.6 Å². The van der Waals surface area contributed by atoms with Crippen LogP contribution in [0.4, 0.5) is 0 Å². The van der Waals surface area contributed by atoms with Gasteiger partial charge in [-0.1, -0.05) is 18.5 Å². The fourth-order valence-electron chi connectivity index (χ4n) is 1.64. The first kappa shape index (κ1) is 12.6. The maximum Gasteiger partial charge on any atom is 0.328 e. The fourth-order valence-corrected chi connectivity index (χ4v) is 1.82. The molecule has 2 aromatic rings. The maximum absolute atomic E-state index is 11.7. The lowest BCUT2D eigenvalue weighted by Crippen LogP contribution is -2.31. The van der Waals surface area contributed by atoms with Crippen molar-refractivity contribution in [1.82, 2.24) is 14.5 Å². The third-order valence-electron chi connectivity index (χ3n) is 2.66. The Morgan fingerprint density at radius 3 is 2.83 bits per heavy atom. The van der Waals surface area contributed by atoms with Crippen LogP contribution in [-0.2, 0) is 13.0 Å². The number of hydrogen-bond acceptors (Lipinski definition) is 3. The van der Waals surface area contributed by atoms with Gasteiger partial charge < -0.3 is 0 Å². The van der Waals surface area contributed by atoms with Gasteiger partial charge in [-0.2, -0.15) is 0 Å². The van der Waals surface area contributed by atoms with Gasteiger partial charge >= 0.3 is 5.69 Å². The molecule has 18 heavy (non-hydrogen) atoms. The molecule has 6 heteroatoms. The van der Waals surface area contributed by atoms with Crippen molar-refractivity contribution < 1.29 is 0 Å². The van der Waals surface area contributed by atoms with E-state index < -0.39 is 5.69 Å². The lowest BCUT2D eigenvalue weighted by atomic mass is 10.2. The largest absolute Gasteiger partial charge is 0.328 e. The number of nitrogens with zero attached hydrogens (tertiary/aromatic N) is 2. The van der Waals surface area contributed by atoms with Gasteiger partial charge in [-0.15, -0.1) is 0 Å². The molecule has 0 unspecified atom stereocenters. The van der Waals surface area contributed by atoms with Crippen LogP contribution in [-0.4, -0.2) is 14.5 Å². The van der Waals surface area contributed by atoms with Crippen molar-refractivity contribution in [2.75, 3.05) is 0 Å². The number of nitrogens with one attached hydrogen (secondary N) is 1. The summed E-state index contributed by atoms with van der Waals surface area (Å²) >= 11 is 5.98. The van der Waals surface area contributed by atoms with E-state index in [9.17, 15) is 9.59 Å². The van der Waals surface area contributed by atoms with Crippen LogP contribution in [0.5, 0.6) is 0 Å². The second-order valence-electron chi connectivity index (χ2n) is 3.86. The Kier molecular flexibility index (Phi) is 3.62. The Labute approximate surface area is 108 Å². The number of aromatic nitrogens is 3. The zero-order valence-corrected chi connectivity index (χ0v) is 10.6. The SMILES string of the molecule is CCc1cn(Cc2ccncc2Cl)c(=O)[nH]c1=O. The number of hydrogen-bond donors (Lipinski definition) is 1. The molecule has 0 atom stereocenters. The zero-order valence-electron chi connectivity index (χ0n) is 9.81. The lowest BCUT2D eigenvalue weighted by molar-refractivity contribution is 0.707. The summed E-state index contributed by atoms with van der Waals surface area (Å²) in [5.74, 6) is 0. The van der Waals surface area contributed by atoms with E-state index >= 15 is 0 Å². The Bertz CT molecular complexity index is 676. The van der Waals surface area contributed by atoms with Crippen LogP contribution in [0.1, 0.15) is 18.1 Å². The molecule has 0 spiro atoms. The highest BCUT2D eigenvalue weighted by Gasteiger charge is 2.06. The van der Waals surface area contributed by atoms with Gasteiger partial charge in [-0.3, -0.25) is 19.3 Å². The van der Waals surface area contributed by atoms with Gasteiger partial charge in [-0.25, -0.2) is 4.79 Å². The lowest BCUT2D eigenvalue weighted by Gasteiger charge is -2.07. The molecule has 1 N–H and O–H groups in total. The Balaban J connectivity index is 2.44. The van der Waals surface area contributed by atoms with Gasteiger partial charge in [0, 0.05) is 24.2 Å². The molecule has 2 rings (SSSR count). The minimum absolute atomic E-state index is 0.309. The molecule has 0 aliphatic heterocycles. The third kappa shape index (κ3) is 2.51. The molecule has 2 aromatic heterocycles. The van der Waals surface area contributed by atoms with Crippen molar-refractivity contribution in [3.8, 4) is 0 Å². The second kappa shape index (κ2) is 5.18. The summed E-state index contributed by atoms with van der Waals surface area (Å²) in [7, 11) is 0. The van der Waals surface area contributed by atoms with Crippen molar-refractivity contribution >= 4 is 11.6 Å². The minimum Gasteiger partial charge on any atom is -0.296 e. The molecule has 0 saturated carbocycles. The fraction of sp³-hybridized carbons (Fsp3) is 0.250. The minimum atomic E-state index is -0.440. The average Bonchev–Trinajstić information content (AvgIpc) is 2.35. The van der Waals surface area contributed by atoms with Crippen LogP contribution in [0, 0.1) is 0 Å². The number of aromatic amines is 1. The third-order valence-corrected chi connectivity index (χ3v) is 3.00. The molecule has 0 saturated heterocycles. The van der Waals surface area contributed by atoms with Crippen molar-refractivity contribution in [3.05, 3.63) is 61.6 Å². The number of H-pyrrole nitrogens is 1. The smallest absolute Gasteiger partial charge is 0.296 e. The van der Waals surface area contributed by atoms with E-state index in [0.29, 0.717) is 23.6 Å². The molecular weight excluding hydrogens is 254 g/mol. The molecule has 0 fully saturated rings. The molecule has 0 aliphatic rings. The highest BCUT2D eigenvalue weighted by Crippen LogP contribution is 2.13. The maximum atomic E-state index is 11.7. The molecule has 94 valence electrons. The Hall–Kier alpha value is -1.88. The summed E-state index contributed by atoms with van der Waals surface area (Å²) in [5.41, 5.74) is 0.576. The summed E-state index contributed by atoms with van der Waals surface area (Å²) in [6, 6.07) is 1.74. The molecule has 2 heterocycles. The van der Waals surface area contributed by atoms with Crippen LogP contribution in [0.15, 0.2) is 34.2 Å². The zero-order chi connectivity index (χ0) is 13.1. The van der Waals surface area contributed by atoms with E-state index in [0.717, 1.165) is 5.56 Å². The standard InChI is InChI=1S/C12H12ClN3O2/c1-2-8-6-16(12(18)15-11(8)17)7-9-3-4-14-5-10(9)13/h3-6H,2,7H2,1H3,(H,15,17,18). The number of aryl methyl sites for hydroxylation is 1. The van der Waals surface area contributed by atoms with Gasteiger partial charge in [0.25, 0.3) is 5.56 Å². The highest BCUT2D eigenvalue weighted by atomic mass is 35.5. The quantitative estimate of drug-likeness (QED) is 0.907. The first-order valence-corrected chi connectivity index (χ1v) is 5.90. The summed E-state index contributed by atoms with van der Waals surface area (Å²) < 4.78 is 1.43.